The predicted molar refractivity (Wildman–Crippen MR) is 117 cm³/mol. The number of aromatic nitrogens is 1. The molecule has 1 N–H and O–H groups in total. The van der Waals surface area contributed by atoms with Crippen LogP contribution in [0.1, 0.15) is 10.6 Å². The fourth-order valence-corrected chi connectivity index (χ4v) is 4.91. The van der Waals surface area contributed by atoms with Gasteiger partial charge < -0.3 is 19.3 Å². The molecular formula is C23H24N3O3S+. The van der Waals surface area contributed by atoms with E-state index in [0.29, 0.717) is 13.2 Å². The molecule has 1 fully saturated rings. The van der Waals surface area contributed by atoms with E-state index in [0.717, 1.165) is 55.3 Å². The van der Waals surface area contributed by atoms with Crippen LogP contribution in [0.5, 0.6) is 11.5 Å². The number of hydrogen-bond acceptors (Lipinski definition) is 5. The lowest BCUT2D eigenvalue weighted by Crippen LogP contribution is -3.13. The van der Waals surface area contributed by atoms with E-state index in [-0.39, 0.29) is 5.91 Å². The third-order valence-corrected chi connectivity index (χ3v) is 6.54. The number of quaternary nitrogens is 1. The van der Waals surface area contributed by atoms with Crippen molar-refractivity contribution in [3.05, 3.63) is 59.1 Å². The number of carbonyl (C=O) groups is 1. The van der Waals surface area contributed by atoms with E-state index in [1.54, 1.807) is 17.4 Å². The summed E-state index contributed by atoms with van der Waals surface area (Å²) in [7, 11) is 0. The number of thiazole rings is 1. The standard InChI is InChI=1S/C23H23N3O3S/c27-23(8-6-17-5-7-19-20(15-17)29-14-13-28-19)26-11-9-25(10-12-26)16-22-24-18-3-1-2-4-21(18)30-22/h1-8,15H,9-14,16H2/p+1/b8-6+. The average Bonchev–Trinajstić information content (AvgIpc) is 3.20. The molecule has 3 aromatic rings. The largest absolute Gasteiger partial charge is 0.486 e. The Labute approximate surface area is 179 Å². The molecule has 0 spiro atoms. The van der Waals surface area contributed by atoms with Gasteiger partial charge in [0.2, 0.25) is 5.91 Å². The number of fused-ring (bicyclic) bond motifs is 2. The van der Waals surface area contributed by atoms with Gasteiger partial charge in [0.25, 0.3) is 0 Å². The normalized spacial score (nSPS) is 17.0. The molecule has 3 heterocycles. The average molecular weight is 423 g/mol. The van der Waals surface area contributed by atoms with Crippen molar-refractivity contribution in [2.24, 2.45) is 0 Å². The van der Waals surface area contributed by atoms with Gasteiger partial charge in [0, 0.05) is 6.08 Å². The first-order valence-corrected chi connectivity index (χ1v) is 11.1. The van der Waals surface area contributed by atoms with Crippen molar-refractivity contribution in [3.8, 4) is 11.5 Å². The maximum absolute atomic E-state index is 12.6. The second-order valence-corrected chi connectivity index (χ2v) is 8.68. The highest BCUT2D eigenvalue weighted by molar-refractivity contribution is 7.18. The molecule has 0 saturated carbocycles. The van der Waals surface area contributed by atoms with E-state index >= 15 is 0 Å². The lowest BCUT2D eigenvalue weighted by molar-refractivity contribution is -0.917. The number of piperazine rings is 1. The van der Waals surface area contributed by atoms with Crippen molar-refractivity contribution in [1.82, 2.24) is 9.88 Å². The van der Waals surface area contributed by atoms with Gasteiger partial charge in [-0.1, -0.05) is 18.2 Å². The quantitative estimate of drug-likeness (QED) is 0.654. The monoisotopic (exact) mass is 422 g/mol. The summed E-state index contributed by atoms with van der Waals surface area (Å²) < 4.78 is 12.4. The van der Waals surface area contributed by atoms with Crippen molar-refractivity contribution in [3.63, 3.8) is 0 Å². The zero-order valence-corrected chi connectivity index (χ0v) is 17.5. The minimum atomic E-state index is 0.0592. The first-order chi connectivity index (χ1) is 14.7. The predicted octanol–water partition coefficient (Wildman–Crippen LogP) is 2.01. The van der Waals surface area contributed by atoms with E-state index < -0.39 is 0 Å². The molecule has 2 aliphatic rings. The summed E-state index contributed by atoms with van der Waals surface area (Å²) in [4.78, 5) is 20.8. The molecule has 0 atom stereocenters. The van der Waals surface area contributed by atoms with Crippen molar-refractivity contribution < 1.29 is 19.2 Å². The van der Waals surface area contributed by atoms with Gasteiger partial charge in [-0.2, -0.15) is 0 Å². The summed E-state index contributed by atoms with van der Waals surface area (Å²) in [6.45, 7) is 5.49. The molecule has 2 aliphatic heterocycles. The van der Waals surface area contributed by atoms with Crippen LogP contribution in [0.25, 0.3) is 16.3 Å². The van der Waals surface area contributed by atoms with Crippen LogP contribution in [0.2, 0.25) is 0 Å². The summed E-state index contributed by atoms with van der Waals surface area (Å²) in [6.07, 6.45) is 3.50. The Morgan fingerprint density at radius 3 is 2.73 bits per heavy atom. The molecule has 0 unspecified atom stereocenters. The number of hydrogen-bond donors (Lipinski definition) is 1. The highest BCUT2D eigenvalue weighted by Gasteiger charge is 2.23. The second-order valence-electron chi connectivity index (χ2n) is 7.56. The number of ether oxygens (including phenoxy) is 2. The number of carbonyl (C=O) groups excluding carboxylic acids is 1. The van der Waals surface area contributed by atoms with Crippen LogP contribution in [0.15, 0.2) is 48.5 Å². The third-order valence-electron chi connectivity index (χ3n) is 5.51. The van der Waals surface area contributed by atoms with Gasteiger partial charge in [0.05, 0.1) is 36.4 Å². The lowest BCUT2D eigenvalue weighted by Gasteiger charge is -2.31. The molecule has 0 radical (unpaired) electrons. The zero-order chi connectivity index (χ0) is 20.3. The van der Waals surface area contributed by atoms with Gasteiger partial charge in [-0.15, -0.1) is 11.3 Å². The lowest BCUT2D eigenvalue weighted by atomic mass is 10.1. The van der Waals surface area contributed by atoms with Crippen LogP contribution in [-0.2, 0) is 11.3 Å². The molecule has 0 bridgehead atoms. The van der Waals surface area contributed by atoms with Crippen LogP contribution in [0.4, 0.5) is 0 Å². The molecular weight excluding hydrogens is 398 g/mol. The maximum atomic E-state index is 12.6. The molecule has 1 aromatic heterocycles. The van der Waals surface area contributed by atoms with Crippen molar-refractivity contribution in [2.75, 3.05) is 39.4 Å². The summed E-state index contributed by atoms with van der Waals surface area (Å²) in [5.74, 6) is 1.56. The summed E-state index contributed by atoms with van der Waals surface area (Å²) in [6, 6.07) is 14.0. The number of amides is 1. The highest BCUT2D eigenvalue weighted by atomic mass is 32.1. The van der Waals surface area contributed by atoms with Gasteiger partial charge in [0.1, 0.15) is 24.8 Å². The molecule has 154 valence electrons. The van der Waals surface area contributed by atoms with E-state index in [9.17, 15) is 4.79 Å². The van der Waals surface area contributed by atoms with E-state index in [4.69, 9.17) is 14.5 Å². The fraction of sp³-hybridized carbons (Fsp3) is 0.304. The fourth-order valence-electron chi connectivity index (χ4n) is 3.87. The van der Waals surface area contributed by atoms with E-state index in [1.165, 1.54) is 14.6 Å². The van der Waals surface area contributed by atoms with Crippen LogP contribution in [-0.4, -0.2) is 55.2 Å². The number of benzene rings is 2. The van der Waals surface area contributed by atoms with Crippen LogP contribution >= 0.6 is 11.3 Å². The van der Waals surface area contributed by atoms with Gasteiger partial charge >= 0.3 is 0 Å². The Morgan fingerprint density at radius 2 is 1.90 bits per heavy atom. The highest BCUT2D eigenvalue weighted by Crippen LogP contribution is 2.31. The third kappa shape index (κ3) is 4.17. The van der Waals surface area contributed by atoms with Gasteiger partial charge in [-0.05, 0) is 35.9 Å². The Bertz CT molecular complexity index is 1050. The van der Waals surface area contributed by atoms with Crippen LogP contribution < -0.4 is 14.4 Å². The van der Waals surface area contributed by atoms with Crippen LogP contribution in [0.3, 0.4) is 0 Å². The second kappa shape index (κ2) is 8.45. The van der Waals surface area contributed by atoms with Crippen molar-refractivity contribution >= 4 is 33.5 Å². The Kier molecular flexibility index (Phi) is 5.38. The van der Waals surface area contributed by atoms with Crippen molar-refractivity contribution in [1.29, 1.82) is 0 Å². The summed E-state index contributed by atoms with van der Waals surface area (Å²) >= 11 is 1.77. The smallest absolute Gasteiger partial charge is 0.246 e. The SMILES string of the molecule is O=C(/C=C/c1ccc2c(c1)OCCO2)N1CC[NH+](Cc2nc3ccccc3s2)CC1. The molecule has 0 aliphatic carbocycles. The Balaban J connectivity index is 1.15. The number of nitrogens with zero attached hydrogens (tertiary/aromatic N) is 2. The minimum Gasteiger partial charge on any atom is -0.486 e. The maximum Gasteiger partial charge on any atom is 0.246 e. The summed E-state index contributed by atoms with van der Waals surface area (Å²) in [5, 5.41) is 1.17. The Morgan fingerprint density at radius 1 is 1.10 bits per heavy atom. The topological polar surface area (TPSA) is 56.1 Å². The molecule has 1 amide bonds. The molecule has 2 aromatic carbocycles. The molecule has 7 heteroatoms. The van der Waals surface area contributed by atoms with E-state index in [1.807, 2.05) is 35.2 Å². The van der Waals surface area contributed by atoms with E-state index in [2.05, 4.69) is 18.2 Å². The minimum absolute atomic E-state index is 0.0592. The van der Waals surface area contributed by atoms with Gasteiger partial charge in [-0.25, -0.2) is 4.98 Å². The molecule has 5 rings (SSSR count). The number of para-hydroxylation sites is 1. The first kappa shape index (κ1) is 19.1. The molecule has 1 saturated heterocycles. The number of rotatable bonds is 4. The van der Waals surface area contributed by atoms with Gasteiger partial charge in [-0.3, -0.25) is 4.79 Å². The van der Waals surface area contributed by atoms with Crippen LogP contribution in [0, 0.1) is 0 Å². The number of nitrogens with one attached hydrogen (secondary N) is 1. The Hall–Kier alpha value is -2.90. The zero-order valence-electron chi connectivity index (χ0n) is 16.7. The molecule has 30 heavy (non-hydrogen) atoms. The first-order valence-electron chi connectivity index (χ1n) is 10.3. The van der Waals surface area contributed by atoms with Crippen molar-refractivity contribution in [2.45, 2.75) is 6.54 Å². The molecule has 6 nitrogen and oxygen atoms in total. The summed E-state index contributed by atoms with van der Waals surface area (Å²) in [5.41, 5.74) is 2.02. The van der Waals surface area contributed by atoms with Gasteiger partial charge in [0.15, 0.2) is 11.5 Å².